The van der Waals surface area contributed by atoms with E-state index in [1.165, 1.54) is 6.21 Å². The number of nitrogens with one attached hydrogen (secondary N) is 2. The Morgan fingerprint density at radius 3 is 2.64 bits per heavy atom. The summed E-state index contributed by atoms with van der Waals surface area (Å²) in [5, 5.41) is 7.13. The van der Waals surface area contributed by atoms with Crippen molar-refractivity contribution in [3.63, 3.8) is 0 Å². The smallest absolute Gasteiger partial charge is 0.340 e. The summed E-state index contributed by atoms with van der Waals surface area (Å²) in [5.41, 5.74) is 2.73. The summed E-state index contributed by atoms with van der Waals surface area (Å²) in [6.45, 7) is 5.73. The molecule has 4 nitrogen and oxygen atoms in total. The van der Waals surface area contributed by atoms with Crippen LogP contribution in [0.4, 0.5) is 0 Å². The third-order valence-electron chi connectivity index (χ3n) is 2.10. The second-order valence-electron chi connectivity index (χ2n) is 3.03. The van der Waals surface area contributed by atoms with E-state index >= 15 is 0 Å². The highest BCUT2D eigenvalue weighted by Gasteiger charge is 2.17. The van der Waals surface area contributed by atoms with Crippen molar-refractivity contribution in [1.29, 1.82) is 5.41 Å². The molecule has 0 radical (unpaired) electrons. The van der Waals surface area contributed by atoms with Crippen LogP contribution in [0, 0.1) is 19.3 Å². The molecule has 0 bridgehead atoms. The van der Waals surface area contributed by atoms with E-state index in [0.717, 1.165) is 11.3 Å². The van der Waals surface area contributed by atoms with Gasteiger partial charge in [0.2, 0.25) is 0 Å². The Balaban J connectivity index is 3.13. The highest BCUT2D eigenvalue weighted by Crippen LogP contribution is 2.17. The van der Waals surface area contributed by atoms with Crippen LogP contribution in [0.5, 0.6) is 0 Å². The number of esters is 1. The first-order chi connectivity index (χ1) is 6.61. The van der Waals surface area contributed by atoms with Crippen LogP contribution in [-0.4, -0.2) is 23.8 Å². The molecule has 0 aliphatic heterocycles. The summed E-state index contributed by atoms with van der Waals surface area (Å²) in [7, 11) is 0. The lowest BCUT2D eigenvalue weighted by Crippen LogP contribution is -2.06. The van der Waals surface area contributed by atoms with Crippen molar-refractivity contribution in [1.82, 2.24) is 4.98 Å². The number of hydrogen-bond acceptors (Lipinski definition) is 3. The molecule has 0 saturated carbocycles. The van der Waals surface area contributed by atoms with Crippen molar-refractivity contribution in [2.24, 2.45) is 0 Å². The Morgan fingerprint density at radius 1 is 1.57 bits per heavy atom. The second-order valence-corrected chi connectivity index (χ2v) is 3.03. The summed E-state index contributed by atoms with van der Waals surface area (Å²) in [4.78, 5) is 14.5. The summed E-state index contributed by atoms with van der Waals surface area (Å²) < 4.78 is 4.91. The molecule has 1 heterocycles. The van der Waals surface area contributed by atoms with Gasteiger partial charge in [-0.1, -0.05) is 0 Å². The Kier molecular flexibility index (Phi) is 3.06. The molecule has 0 amide bonds. The third kappa shape index (κ3) is 1.69. The zero-order valence-corrected chi connectivity index (χ0v) is 8.60. The number of ether oxygens (including phenoxy) is 1. The van der Waals surface area contributed by atoms with Crippen molar-refractivity contribution < 1.29 is 9.53 Å². The Labute approximate surface area is 82.8 Å². The highest BCUT2D eigenvalue weighted by atomic mass is 16.5. The molecule has 0 aliphatic carbocycles. The molecule has 0 spiro atoms. The number of H-pyrrole nitrogens is 1. The molecule has 1 aromatic heterocycles. The molecule has 14 heavy (non-hydrogen) atoms. The van der Waals surface area contributed by atoms with Crippen LogP contribution in [0.3, 0.4) is 0 Å². The van der Waals surface area contributed by atoms with Crippen molar-refractivity contribution in [2.45, 2.75) is 20.8 Å². The summed E-state index contributed by atoms with van der Waals surface area (Å²) in [6, 6.07) is 0. The average molecular weight is 194 g/mol. The molecule has 0 aromatic carbocycles. The van der Waals surface area contributed by atoms with E-state index in [1.807, 2.05) is 0 Å². The van der Waals surface area contributed by atoms with Gasteiger partial charge in [0.1, 0.15) is 0 Å². The zero-order chi connectivity index (χ0) is 10.7. The van der Waals surface area contributed by atoms with Gasteiger partial charge in [-0.25, -0.2) is 4.79 Å². The van der Waals surface area contributed by atoms with E-state index in [2.05, 4.69) is 4.98 Å². The molecule has 0 fully saturated rings. The van der Waals surface area contributed by atoms with Gasteiger partial charge in [-0.2, -0.15) is 0 Å². The van der Waals surface area contributed by atoms with E-state index in [4.69, 9.17) is 10.1 Å². The molecule has 0 aliphatic rings. The van der Waals surface area contributed by atoms with Crippen molar-refractivity contribution in [3.8, 4) is 0 Å². The van der Waals surface area contributed by atoms with Crippen LogP contribution in [0.1, 0.15) is 34.2 Å². The van der Waals surface area contributed by atoms with Crippen molar-refractivity contribution >= 4 is 12.2 Å². The number of aromatic amines is 1. The predicted octanol–water partition coefficient (Wildman–Crippen LogP) is 1.81. The van der Waals surface area contributed by atoms with Crippen LogP contribution in [0.15, 0.2) is 0 Å². The zero-order valence-electron chi connectivity index (χ0n) is 8.60. The molecule has 4 heteroatoms. The molecule has 1 rings (SSSR count). The normalized spacial score (nSPS) is 9.93. The van der Waals surface area contributed by atoms with Gasteiger partial charge in [-0.3, -0.25) is 0 Å². The van der Waals surface area contributed by atoms with Gasteiger partial charge in [-0.15, -0.1) is 0 Å². The molecule has 1 aromatic rings. The van der Waals surface area contributed by atoms with Crippen molar-refractivity contribution in [2.75, 3.05) is 6.61 Å². The van der Waals surface area contributed by atoms with Crippen molar-refractivity contribution in [3.05, 3.63) is 22.5 Å². The largest absolute Gasteiger partial charge is 0.462 e. The minimum absolute atomic E-state index is 0.327. The summed E-state index contributed by atoms with van der Waals surface area (Å²) in [5.74, 6) is -0.327. The number of hydrogen-bond donors (Lipinski definition) is 2. The minimum atomic E-state index is -0.327. The predicted molar refractivity (Wildman–Crippen MR) is 54.1 cm³/mol. The van der Waals surface area contributed by atoms with Crippen LogP contribution in [0.25, 0.3) is 0 Å². The SMILES string of the molecule is CCOC(=O)c1c(C)[nH]c(C=N)c1C. The van der Waals surface area contributed by atoms with E-state index < -0.39 is 0 Å². The lowest BCUT2D eigenvalue weighted by Gasteiger charge is -2.01. The number of rotatable bonds is 3. The molecule has 76 valence electrons. The van der Waals surface area contributed by atoms with E-state index in [-0.39, 0.29) is 5.97 Å². The summed E-state index contributed by atoms with van der Waals surface area (Å²) >= 11 is 0. The first-order valence-corrected chi connectivity index (χ1v) is 4.48. The lowest BCUT2D eigenvalue weighted by atomic mass is 10.1. The van der Waals surface area contributed by atoms with Gasteiger partial charge >= 0.3 is 5.97 Å². The van der Waals surface area contributed by atoms with Crippen LogP contribution < -0.4 is 0 Å². The molecule has 0 unspecified atom stereocenters. The van der Waals surface area contributed by atoms with Gasteiger partial charge in [-0.05, 0) is 26.3 Å². The fraction of sp³-hybridized carbons (Fsp3) is 0.400. The summed E-state index contributed by atoms with van der Waals surface area (Å²) in [6.07, 6.45) is 1.20. The number of carbonyl (C=O) groups is 1. The lowest BCUT2D eigenvalue weighted by molar-refractivity contribution is 0.0525. The maximum absolute atomic E-state index is 11.5. The van der Waals surface area contributed by atoms with Gasteiger partial charge in [0.15, 0.2) is 0 Å². The van der Waals surface area contributed by atoms with E-state index in [9.17, 15) is 4.79 Å². The van der Waals surface area contributed by atoms with Gasteiger partial charge in [0, 0.05) is 11.9 Å². The Hall–Kier alpha value is -1.58. The molecule has 0 saturated heterocycles. The van der Waals surface area contributed by atoms with Gasteiger partial charge in [0.05, 0.1) is 17.9 Å². The quantitative estimate of drug-likeness (QED) is 0.569. The van der Waals surface area contributed by atoms with E-state index in [1.54, 1.807) is 20.8 Å². The number of carbonyl (C=O) groups excluding carboxylic acids is 1. The molecular formula is C10H14N2O2. The second kappa shape index (κ2) is 4.09. The number of aromatic nitrogens is 1. The molecule has 0 atom stereocenters. The molecule has 2 N–H and O–H groups in total. The average Bonchev–Trinajstić information content (AvgIpc) is 2.41. The van der Waals surface area contributed by atoms with Crippen LogP contribution in [0.2, 0.25) is 0 Å². The van der Waals surface area contributed by atoms with Crippen LogP contribution >= 0.6 is 0 Å². The van der Waals surface area contributed by atoms with Gasteiger partial charge < -0.3 is 15.1 Å². The maximum Gasteiger partial charge on any atom is 0.340 e. The highest BCUT2D eigenvalue weighted by molar-refractivity contribution is 5.95. The van der Waals surface area contributed by atoms with Crippen LogP contribution in [-0.2, 0) is 4.74 Å². The monoisotopic (exact) mass is 194 g/mol. The molecular weight excluding hydrogens is 180 g/mol. The Morgan fingerprint density at radius 2 is 2.21 bits per heavy atom. The fourth-order valence-electron chi connectivity index (χ4n) is 1.43. The Bertz CT molecular complexity index is 366. The standard InChI is InChI=1S/C10H14N2O2/c1-4-14-10(13)9-6(2)8(5-11)12-7(9)3/h5,11-12H,4H2,1-3H3. The minimum Gasteiger partial charge on any atom is -0.462 e. The maximum atomic E-state index is 11.5. The first kappa shape index (κ1) is 10.5. The third-order valence-corrected chi connectivity index (χ3v) is 2.10. The first-order valence-electron chi connectivity index (χ1n) is 4.48. The van der Waals surface area contributed by atoms with E-state index in [0.29, 0.717) is 17.9 Å². The fourth-order valence-corrected chi connectivity index (χ4v) is 1.43. The number of aryl methyl sites for hydroxylation is 1. The topological polar surface area (TPSA) is 65.9 Å². The van der Waals surface area contributed by atoms with Gasteiger partial charge in [0.25, 0.3) is 0 Å².